The van der Waals surface area contributed by atoms with Gasteiger partial charge in [0.2, 0.25) is 11.9 Å². The van der Waals surface area contributed by atoms with Gasteiger partial charge < -0.3 is 16.2 Å². The van der Waals surface area contributed by atoms with Gasteiger partial charge >= 0.3 is 0 Å². The Morgan fingerprint density at radius 1 is 0.692 bits per heavy atom. The van der Waals surface area contributed by atoms with E-state index in [1.807, 2.05) is 66.7 Å². The molecule has 3 aromatic carbocycles. The van der Waals surface area contributed by atoms with Crippen LogP contribution in [0.25, 0.3) is 22.2 Å². The van der Waals surface area contributed by atoms with Gasteiger partial charge in [-0.15, -0.1) is 0 Å². The molecule has 0 radical (unpaired) electrons. The summed E-state index contributed by atoms with van der Waals surface area (Å²) < 4.78 is 6.04. The monoisotopic (exact) mass is 343 g/mol. The van der Waals surface area contributed by atoms with Gasteiger partial charge in [0.05, 0.1) is 0 Å². The summed E-state index contributed by atoms with van der Waals surface area (Å²) in [6.45, 7) is 0.496. The lowest BCUT2D eigenvalue weighted by molar-refractivity contribution is 0.310. The fourth-order valence-corrected chi connectivity index (χ4v) is 2.86. The highest BCUT2D eigenvalue weighted by atomic mass is 16.5. The van der Waals surface area contributed by atoms with Crippen LogP contribution in [0.5, 0.6) is 5.75 Å². The van der Waals surface area contributed by atoms with Crippen molar-refractivity contribution in [3.05, 3.63) is 72.3 Å². The molecule has 0 aliphatic carbocycles. The van der Waals surface area contributed by atoms with Crippen molar-refractivity contribution in [3.8, 4) is 17.1 Å². The van der Waals surface area contributed by atoms with Crippen LogP contribution in [-0.4, -0.2) is 15.0 Å². The van der Waals surface area contributed by atoms with E-state index in [4.69, 9.17) is 16.2 Å². The molecule has 0 bridgehead atoms. The van der Waals surface area contributed by atoms with Crippen LogP contribution in [-0.2, 0) is 6.61 Å². The van der Waals surface area contributed by atoms with E-state index in [1.165, 1.54) is 0 Å². The Morgan fingerprint density at radius 3 is 2.08 bits per heavy atom. The first-order valence-electron chi connectivity index (χ1n) is 8.16. The zero-order chi connectivity index (χ0) is 17.9. The number of hydrogen-bond acceptors (Lipinski definition) is 6. The minimum atomic E-state index is 0.0981. The second-order valence-corrected chi connectivity index (χ2v) is 5.81. The van der Waals surface area contributed by atoms with Gasteiger partial charge in [0.1, 0.15) is 12.4 Å². The summed E-state index contributed by atoms with van der Waals surface area (Å²) in [6, 6.07) is 21.8. The van der Waals surface area contributed by atoms with Crippen LogP contribution in [0.15, 0.2) is 66.7 Å². The van der Waals surface area contributed by atoms with Crippen molar-refractivity contribution in [2.24, 2.45) is 0 Å². The molecule has 0 unspecified atom stereocenters. The van der Waals surface area contributed by atoms with Crippen LogP contribution < -0.4 is 16.2 Å². The molecule has 6 heteroatoms. The molecule has 0 amide bonds. The highest BCUT2D eigenvalue weighted by molar-refractivity contribution is 5.99. The summed E-state index contributed by atoms with van der Waals surface area (Å²) in [5.41, 5.74) is 13.4. The number of hydrogen-bond donors (Lipinski definition) is 2. The summed E-state index contributed by atoms with van der Waals surface area (Å²) in [7, 11) is 0. The quantitative estimate of drug-likeness (QED) is 0.589. The van der Waals surface area contributed by atoms with Gasteiger partial charge in [0.15, 0.2) is 5.82 Å². The van der Waals surface area contributed by atoms with Crippen molar-refractivity contribution in [2.45, 2.75) is 6.61 Å². The van der Waals surface area contributed by atoms with Crippen LogP contribution >= 0.6 is 0 Å². The number of ether oxygens (including phenoxy) is 1. The summed E-state index contributed by atoms with van der Waals surface area (Å²) in [5, 5.41) is 1.93. The zero-order valence-electron chi connectivity index (χ0n) is 14.0. The van der Waals surface area contributed by atoms with Gasteiger partial charge in [-0.05, 0) is 23.1 Å². The number of anilines is 2. The van der Waals surface area contributed by atoms with E-state index in [9.17, 15) is 0 Å². The van der Waals surface area contributed by atoms with Gasteiger partial charge in [-0.1, -0.05) is 54.6 Å². The second kappa shape index (κ2) is 6.68. The average Bonchev–Trinajstić information content (AvgIpc) is 2.66. The highest BCUT2D eigenvalue weighted by Gasteiger charge is 2.12. The lowest BCUT2D eigenvalue weighted by Crippen LogP contribution is -2.04. The summed E-state index contributed by atoms with van der Waals surface area (Å²) in [4.78, 5) is 12.3. The van der Waals surface area contributed by atoms with Crippen molar-refractivity contribution >= 4 is 22.7 Å². The SMILES string of the molecule is Nc1nc(N)nc(-c2ccc(OCc3ccccc3)c3ccccc23)n1. The molecule has 0 atom stereocenters. The number of aromatic nitrogens is 3. The largest absolute Gasteiger partial charge is 0.488 e. The predicted molar refractivity (Wildman–Crippen MR) is 102 cm³/mol. The van der Waals surface area contributed by atoms with Crippen LogP contribution in [0.1, 0.15) is 5.56 Å². The van der Waals surface area contributed by atoms with E-state index in [1.54, 1.807) is 0 Å². The second-order valence-electron chi connectivity index (χ2n) is 5.81. The smallest absolute Gasteiger partial charge is 0.225 e. The maximum Gasteiger partial charge on any atom is 0.225 e. The third-order valence-corrected chi connectivity index (χ3v) is 4.03. The van der Waals surface area contributed by atoms with Crippen molar-refractivity contribution in [2.75, 3.05) is 11.5 Å². The highest BCUT2D eigenvalue weighted by Crippen LogP contribution is 2.33. The van der Waals surface area contributed by atoms with Gasteiger partial charge in [-0.25, -0.2) is 0 Å². The number of nitrogen functional groups attached to an aromatic ring is 2. The summed E-state index contributed by atoms with van der Waals surface area (Å²) >= 11 is 0. The third kappa shape index (κ3) is 3.12. The molecule has 0 saturated heterocycles. The number of nitrogens with zero attached hydrogens (tertiary/aromatic N) is 3. The molecule has 0 aliphatic rings. The van der Waals surface area contributed by atoms with Crippen LogP contribution in [0.4, 0.5) is 11.9 Å². The van der Waals surface area contributed by atoms with Gasteiger partial charge in [-0.3, -0.25) is 0 Å². The summed E-state index contributed by atoms with van der Waals surface area (Å²) in [6.07, 6.45) is 0. The Morgan fingerprint density at radius 2 is 1.35 bits per heavy atom. The van der Waals surface area contributed by atoms with Crippen LogP contribution in [0.2, 0.25) is 0 Å². The van der Waals surface area contributed by atoms with Gasteiger partial charge in [-0.2, -0.15) is 15.0 Å². The fourth-order valence-electron chi connectivity index (χ4n) is 2.86. The fraction of sp³-hybridized carbons (Fsp3) is 0.0500. The van der Waals surface area contributed by atoms with E-state index in [2.05, 4.69) is 15.0 Å². The predicted octanol–water partition coefficient (Wildman–Crippen LogP) is 3.44. The first kappa shape index (κ1) is 15.8. The number of benzene rings is 3. The molecular weight excluding hydrogens is 326 g/mol. The topological polar surface area (TPSA) is 99.9 Å². The van der Waals surface area contributed by atoms with E-state index < -0.39 is 0 Å². The maximum absolute atomic E-state index is 6.04. The molecule has 1 heterocycles. The van der Waals surface area contributed by atoms with Crippen molar-refractivity contribution < 1.29 is 4.74 Å². The first-order chi connectivity index (χ1) is 12.7. The van der Waals surface area contributed by atoms with Gasteiger partial charge in [0.25, 0.3) is 0 Å². The minimum Gasteiger partial charge on any atom is -0.488 e. The molecule has 128 valence electrons. The number of fused-ring (bicyclic) bond motifs is 1. The van der Waals surface area contributed by atoms with Crippen molar-refractivity contribution in [3.63, 3.8) is 0 Å². The van der Waals surface area contributed by atoms with E-state index in [0.29, 0.717) is 12.4 Å². The Labute approximate surface area is 150 Å². The molecule has 4 N–H and O–H groups in total. The molecule has 4 aromatic rings. The third-order valence-electron chi connectivity index (χ3n) is 4.03. The van der Waals surface area contributed by atoms with Crippen LogP contribution in [0.3, 0.4) is 0 Å². The standard InChI is InChI=1S/C20H17N5O/c21-19-23-18(24-20(22)25-19)16-10-11-17(15-9-5-4-8-14(15)16)26-12-13-6-2-1-3-7-13/h1-11H,12H2,(H4,21,22,23,24,25). The Kier molecular flexibility index (Phi) is 4.07. The molecule has 0 aliphatic heterocycles. The number of nitrogens with two attached hydrogens (primary N) is 2. The number of rotatable bonds is 4. The van der Waals surface area contributed by atoms with E-state index in [-0.39, 0.29) is 11.9 Å². The van der Waals surface area contributed by atoms with Crippen molar-refractivity contribution in [1.29, 1.82) is 0 Å². The minimum absolute atomic E-state index is 0.0981. The Balaban J connectivity index is 1.76. The van der Waals surface area contributed by atoms with E-state index in [0.717, 1.165) is 27.6 Å². The molecule has 1 aromatic heterocycles. The average molecular weight is 343 g/mol. The molecule has 0 spiro atoms. The molecular formula is C20H17N5O. The Bertz CT molecular complexity index is 1050. The lowest BCUT2D eigenvalue weighted by Gasteiger charge is -2.12. The zero-order valence-corrected chi connectivity index (χ0v) is 14.0. The first-order valence-corrected chi connectivity index (χ1v) is 8.16. The normalized spacial score (nSPS) is 10.8. The summed E-state index contributed by atoms with van der Waals surface area (Å²) in [5.74, 6) is 1.44. The van der Waals surface area contributed by atoms with E-state index >= 15 is 0 Å². The maximum atomic E-state index is 6.04. The van der Waals surface area contributed by atoms with Crippen LogP contribution in [0, 0.1) is 0 Å². The molecule has 26 heavy (non-hydrogen) atoms. The molecule has 0 fully saturated rings. The van der Waals surface area contributed by atoms with Crippen molar-refractivity contribution in [1.82, 2.24) is 15.0 Å². The molecule has 6 nitrogen and oxygen atoms in total. The Hall–Kier alpha value is -3.67. The molecule has 4 rings (SSSR count). The van der Waals surface area contributed by atoms with Gasteiger partial charge in [0, 0.05) is 10.9 Å². The lowest BCUT2D eigenvalue weighted by atomic mass is 10.0. The molecule has 0 saturated carbocycles.